The number of hydrogen-bond acceptors (Lipinski definition) is 2. The number of nitrogens with zero attached hydrogens (tertiary/aromatic N) is 3. The lowest BCUT2D eigenvalue weighted by molar-refractivity contribution is -0.137. The van der Waals surface area contributed by atoms with E-state index in [0.717, 1.165) is 64.7 Å². The molecule has 3 heterocycles. The zero-order chi connectivity index (χ0) is 14.8. The van der Waals surface area contributed by atoms with Crippen LogP contribution in [-0.2, 0) is 4.79 Å². The van der Waals surface area contributed by atoms with Crippen molar-refractivity contribution in [2.45, 2.75) is 51.5 Å². The average Bonchev–Trinajstić information content (AvgIpc) is 3.17. The summed E-state index contributed by atoms with van der Waals surface area (Å²) in [6, 6.07) is 0.529. The van der Waals surface area contributed by atoms with Crippen molar-refractivity contribution in [3.05, 3.63) is 0 Å². The van der Waals surface area contributed by atoms with Gasteiger partial charge in [-0.05, 0) is 45.4 Å². The van der Waals surface area contributed by atoms with Crippen LogP contribution in [0.5, 0.6) is 0 Å². The van der Waals surface area contributed by atoms with Crippen molar-refractivity contribution in [1.82, 2.24) is 14.7 Å². The van der Waals surface area contributed by atoms with Crippen LogP contribution in [0, 0.1) is 5.92 Å². The van der Waals surface area contributed by atoms with Crippen LogP contribution in [0.3, 0.4) is 0 Å². The maximum Gasteiger partial charge on any atom is 0.320 e. The quantitative estimate of drug-likeness (QED) is 0.741. The van der Waals surface area contributed by atoms with E-state index in [1.165, 1.54) is 0 Å². The molecule has 0 bridgehead atoms. The third-order valence-corrected chi connectivity index (χ3v) is 5.25. The summed E-state index contributed by atoms with van der Waals surface area (Å²) < 4.78 is 0. The second-order valence-electron chi connectivity index (χ2n) is 6.78. The molecule has 0 aliphatic carbocycles. The van der Waals surface area contributed by atoms with Gasteiger partial charge < -0.3 is 14.7 Å². The van der Waals surface area contributed by atoms with Gasteiger partial charge in [-0.25, -0.2) is 4.79 Å². The molecule has 0 saturated carbocycles. The van der Waals surface area contributed by atoms with Crippen molar-refractivity contribution in [2.75, 3.05) is 32.7 Å². The molecule has 0 aromatic rings. The summed E-state index contributed by atoms with van der Waals surface area (Å²) in [6.45, 7) is 6.25. The van der Waals surface area contributed by atoms with Crippen LogP contribution in [0.1, 0.15) is 45.4 Å². The van der Waals surface area contributed by atoms with E-state index in [4.69, 9.17) is 0 Å². The molecule has 118 valence electrons. The molecule has 0 N–H and O–H groups in total. The fourth-order valence-corrected chi connectivity index (χ4v) is 3.96. The number of rotatable bonds is 1. The molecule has 3 aliphatic heterocycles. The zero-order valence-corrected chi connectivity index (χ0v) is 13.1. The number of carbonyl (C=O) groups is 2. The number of likely N-dealkylation sites (tertiary alicyclic amines) is 3. The highest BCUT2D eigenvalue weighted by atomic mass is 16.2. The average molecular weight is 293 g/mol. The lowest BCUT2D eigenvalue weighted by atomic mass is 9.96. The number of amides is 3. The molecule has 3 amide bonds. The number of carbonyl (C=O) groups excluding carboxylic acids is 2. The van der Waals surface area contributed by atoms with Gasteiger partial charge in [-0.3, -0.25) is 4.79 Å². The molecule has 3 rings (SSSR count). The first-order valence-electron chi connectivity index (χ1n) is 8.51. The highest BCUT2D eigenvalue weighted by Crippen LogP contribution is 2.25. The van der Waals surface area contributed by atoms with Crippen LogP contribution < -0.4 is 0 Å². The van der Waals surface area contributed by atoms with Gasteiger partial charge >= 0.3 is 6.03 Å². The summed E-state index contributed by atoms with van der Waals surface area (Å²) in [6.07, 6.45) is 6.37. The predicted octanol–water partition coefficient (Wildman–Crippen LogP) is 1.93. The van der Waals surface area contributed by atoms with Gasteiger partial charge in [0.25, 0.3) is 0 Å². The Kier molecular flexibility index (Phi) is 4.36. The van der Waals surface area contributed by atoms with Crippen molar-refractivity contribution in [1.29, 1.82) is 0 Å². The Morgan fingerprint density at radius 2 is 1.52 bits per heavy atom. The smallest absolute Gasteiger partial charge is 0.320 e. The minimum absolute atomic E-state index is 0.0193. The normalized spacial score (nSPS) is 30.0. The number of piperidine rings is 1. The van der Waals surface area contributed by atoms with E-state index in [9.17, 15) is 9.59 Å². The Morgan fingerprint density at radius 1 is 0.857 bits per heavy atom. The SMILES string of the molecule is CC1CCCN1C(=O)C1CCCN(C(=O)N2CCCC2)C1. The molecule has 0 spiro atoms. The van der Waals surface area contributed by atoms with Gasteiger partial charge in [0.05, 0.1) is 5.92 Å². The molecule has 3 fully saturated rings. The van der Waals surface area contributed by atoms with E-state index in [-0.39, 0.29) is 17.9 Å². The van der Waals surface area contributed by atoms with Crippen molar-refractivity contribution in [3.63, 3.8) is 0 Å². The molecule has 21 heavy (non-hydrogen) atoms. The van der Waals surface area contributed by atoms with Crippen LogP contribution in [-0.4, -0.2) is 65.4 Å². The third kappa shape index (κ3) is 3.01. The molecule has 5 nitrogen and oxygen atoms in total. The fourth-order valence-electron chi connectivity index (χ4n) is 3.96. The Hall–Kier alpha value is -1.26. The summed E-state index contributed by atoms with van der Waals surface area (Å²) in [7, 11) is 0. The van der Waals surface area contributed by atoms with E-state index in [1.54, 1.807) is 0 Å². The monoisotopic (exact) mass is 293 g/mol. The van der Waals surface area contributed by atoms with E-state index < -0.39 is 0 Å². The molecule has 0 aromatic carbocycles. The zero-order valence-electron chi connectivity index (χ0n) is 13.1. The van der Waals surface area contributed by atoms with Gasteiger partial charge in [-0.15, -0.1) is 0 Å². The number of urea groups is 1. The Bertz CT molecular complexity index is 406. The van der Waals surface area contributed by atoms with Crippen LogP contribution in [0.4, 0.5) is 4.79 Å². The number of hydrogen-bond donors (Lipinski definition) is 0. The minimum atomic E-state index is 0.0193. The second kappa shape index (κ2) is 6.24. The first-order chi connectivity index (χ1) is 10.2. The molecule has 2 atom stereocenters. The molecule has 0 aromatic heterocycles. The van der Waals surface area contributed by atoms with Gasteiger partial charge in [-0.1, -0.05) is 0 Å². The Balaban J connectivity index is 1.59. The van der Waals surface area contributed by atoms with Crippen molar-refractivity contribution < 1.29 is 9.59 Å². The second-order valence-corrected chi connectivity index (χ2v) is 6.78. The summed E-state index contributed by atoms with van der Waals surface area (Å²) >= 11 is 0. The molecular formula is C16H27N3O2. The molecule has 0 radical (unpaired) electrons. The van der Waals surface area contributed by atoms with Gasteiger partial charge in [-0.2, -0.15) is 0 Å². The Morgan fingerprint density at radius 3 is 2.19 bits per heavy atom. The van der Waals surface area contributed by atoms with Crippen LogP contribution in [0.2, 0.25) is 0 Å². The van der Waals surface area contributed by atoms with Crippen LogP contribution in [0.25, 0.3) is 0 Å². The lowest BCUT2D eigenvalue weighted by Crippen LogP contribution is -2.50. The van der Waals surface area contributed by atoms with Crippen LogP contribution >= 0.6 is 0 Å². The summed E-state index contributed by atoms with van der Waals surface area (Å²) in [5.41, 5.74) is 0. The lowest BCUT2D eigenvalue weighted by Gasteiger charge is -2.36. The van der Waals surface area contributed by atoms with Gasteiger partial charge in [0, 0.05) is 38.8 Å². The summed E-state index contributed by atoms with van der Waals surface area (Å²) in [5.74, 6) is 0.296. The van der Waals surface area contributed by atoms with Crippen molar-refractivity contribution >= 4 is 11.9 Å². The van der Waals surface area contributed by atoms with Crippen LogP contribution in [0.15, 0.2) is 0 Å². The first-order valence-corrected chi connectivity index (χ1v) is 8.51. The maximum atomic E-state index is 12.7. The van der Waals surface area contributed by atoms with E-state index in [2.05, 4.69) is 6.92 Å². The predicted molar refractivity (Wildman–Crippen MR) is 80.9 cm³/mol. The fraction of sp³-hybridized carbons (Fsp3) is 0.875. The van der Waals surface area contributed by atoms with E-state index in [0.29, 0.717) is 12.6 Å². The van der Waals surface area contributed by atoms with E-state index >= 15 is 0 Å². The highest BCUT2D eigenvalue weighted by molar-refractivity contribution is 5.81. The first kappa shape index (κ1) is 14.7. The van der Waals surface area contributed by atoms with Gasteiger partial charge in [0.2, 0.25) is 5.91 Å². The van der Waals surface area contributed by atoms with Crippen molar-refractivity contribution in [2.24, 2.45) is 5.92 Å². The van der Waals surface area contributed by atoms with E-state index in [1.807, 2.05) is 14.7 Å². The standard InChI is InChI=1S/C16H27N3O2/c1-13-6-4-11-19(13)15(20)14-7-5-10-18(12-14)16(21)17-8-2-3-9-17/h13-14H,2-12H2,1H3. The van der Waals surface area contributed by atoms with Crippen molar-refractivity contribution in [3.8, 4) is 0 Å². The molecule has 3 saturated heterocycles. The molecule has 2 unspecified atom stereocenters. The summed E-state index contributed by atoms with van der Waals surface area (Å²) in [5, 5.41) is 0. The minimum Gasteiger partial charge on any atom is -0.340 e. The van der Waals surface area contributed by atoms with Gasteiger partial charge in [0.1, 0.15) is 0 Å². The Labute approximate surface area is 127 Å². The maximum absolute atomic E-state index is 12.7. The molecule has 5 heteroatoms. The molecule has 3 aliphatic rings. The summed E-state index contributed by atoms with van der Waals surface area (Å²) in [4.78, 5) is 31.1. The topological polar surface area (TPSA) is 43.9 Å². The highest BCUT2D eigenvalue weighted by Gasteiger charge is 2.35. The van der Waals surface area contributed by atoms with Gasteiger partial charge in [0.15, 0.2) is 0 Å². The third-order valence-electron chi connectivity index (χ3n) is 5.25. The molecular weight excluding hydrogens is 266 g/mol. The largest absolute Gasteiger partial charge is 0.340 e.